The summed E-state index contributed by atoms with van der Waals surface area (Å²) in [5, 5.41) is 3.17. The van der Waals surface area contributed by atoms with E-state index in [1.807, 2.05) is 25.1 Å². The Labute approximate surface area is 84.0 Å². The zero-order valence-electron chi connectivity index (χ0n) is 8.54. The molecule has 1 saturated heterocycles. The molecule has 0 amide bonds. The largest absolute Gasteiger partial charge is 0.496 e. The average Bonchev–Trinajstić information content (AvgIpc) is 2.13. The third-order valence-electron chi connectivity index (χ3n) is 2.49. The first-order chi connectivity index (χ1) is 6.81. The molecule has 0 aliphatic carbocycles. The minimum atomic E-state index is 0.320. The maximum Gasteiger partial charge on any atom is 0.126 e. The Kier molecular flexibility index (Phi) is 2.59. The molecule has 0 atom stereocenters. The molecule has 0 bridgehead atoms. The van der Waals surface area contributed by atoms with Crippen LogP contribution in [0.4, 0.5) is 0 Å². The highest BCUT2D eigenvalue weighted by Crippen LogP contribution is 2.28. The smallest absolute Gasteiger partial charge is 0.126 e. The van der Waals surface area contributed by atoms with Gasteiger partial charge in [0, 0.05) is 18.7 Å². The van der Waals surface area contributed by atoms with Crippen molar-refractivity contribution in [3.63, 3.8) is 0 Å². The number of methoxy groups -OCH3 is 1. The van der Waals surface area contributed by atoms with E-state index in [1.54, 1.807) is 7.11 Å². The fourth-order valence-corrected chi connectivity index (χ4v) is 1.47. The second-order valence-electron chi connectivity index (χ2n) is 3.48. The van der Waals surface area contributed by atoms with E-state index in [4.69, 9.17) is 9.47 Å². The second kappa shape index (κ2) is 3.88. The SMILES string of the molecule is COc1cccc(OC2CNC2)c1C. The van der Waals surface area contributed by atoms with Crippen molar-refractivity contribution >= 4 is 0 Å². The Balaban J connectivity index is 2.15. The van der Waals surface area contributed by atoms with Gasteiger partial charge in [-0.15, -0.1) is 0 Å². The lowest BCUT2D eigenvalue weighted by Gasteiger charge is -2.28. The van der Waals surface area contributed by atoms with Gasteiger partial charge in [0.05, 0.1) is 7.11 Å². The molecule has 1 aliphatic rings. The third-order valence-corrected chi connectivity index (χ3v) is 2.49. The van der Waals surface area contributed by atoms with E-state index in [0.717, 1.165) is 30.2 Å². The zero-order valence-corrected chi connectivity index (χ0v) is 8.54. The van der Waals surface area contributed by atoms with Crippen LogP contribution < -0.4 is 14.8 Å². The van der Waals surface area contributed by atoms with Crippen molar-refractivity contribution in [2.24, 2.45) is 0 Å². The topological polar surface area (TPSA) is 30.5 Å². The number of rotatable bonds is 3. The molecule has 1 aromatic carbocycles. The van der Waals surface area contributed by atoms with E-state index in [1.165, 1.54) is 0 Å². The lowest BCUT2D eigenvalue weighted by atomic mass is 10.2. The van der Waals surface area contributed by atoms with E-state index in [-0.39, 0.29) is 0 Å². The highest BCUT2D eigenvalue weighted by Gasteiger charge is 2.19. The Morgan fingerprint density at radius 2 is 2.00 bits per heavy atom. The predicted molar refractivity (Wildman–Crippen MR) is 55.0 cm³/mol. The first-order valence-corrected chi connectivity index (χ1v) is 4.82. The maximum atomic E-state index is 5.78. The van der Waals surface area contributed by atoms with Crippen molar-refractivity contribution in [3.8, 4) is 11.5 Å². The number of benzene rings is 1. The molecule has 0 saturated carbocycles. The quantitative estimate of drug-likeness (QED) is 0.786. The van der Waals surface area contributed by atoms with Crippen LogP contribution in [0.15, 0.2) is 18.2 Å². The van der Waals surface area contributed by atoms with Crippen molar-refractivity contribution < 1.29 is 9.47 Å². The zero-order chi connectivity index (χ0) is 9.97. The summed E-state index contributed by atoms with van der Waals surface area (Å²) in [5.74, 6) is 1.81. The summed E-state index contributed by atoms with van der Waals surface area (Å²) in [6, 6.07) is 5.88. The minimum Gasteiger partial charge on any atom is -0.496 e. The lowest BCUT2D eigenvalue weighted by molar-refractivity contribution is 0.141. The standard InChI is InChI=1S/C11H15NO2/c1-8-10(13-2)4-3-5-11(8)14-9-6-12-7-9/h3-5,9,12H,6-7H2,1-2H3. The van der Waals surface area contributed by atoms with Gasteiger partial charge in [0.2, 0.25) is 0 Å². The monoisotopic (exact) mass is 193 g/mol. The molecule has 1 N–H and O–H groups in total. The van der Waals surface area contributed by atoms with Crippen molar-refractivity contribution in [1.29, 1.82) is 0 Å². The number of ether oxygens (including phenoxy) is 2. The normalized spacial score (nSPS) is 16.1. The third kappa shape index (κ3) is 1.68. The molecule has 0 aromatic heterocycles. The Bertz CT molecular complexity index is 321. The van der Waals surface area contributed by atoms with Gasteiger partial charge in [-0.3, -0.25) is 0 Å². The van der Waals surface area contributed by atoms with Crippen molar-refractivity contribution in [3.05, 3.63) is 23.8 Å². The van der Waals surface area contributed by atoms with Gasteiger partial charge in [-0.2, -0.15) is 0 Å². The van der Waals surface area contributed by atoms with E-state index in [2.05, 4.69) is 5.32 Å². The minimum absolute atomic E-state index is 0.320. The van der Waals surface area contributed by atoms with Crippen LogP contribution in [0.5, 0.6) is 11.5 Å². The van der Waals surface area contributed by atoms with E-state index in [0.29, 0.717) is 6.10 Å². The van der Waals surface area contributed by atoms with Crippen LogP contribution in [0.1, 0.15) is 5.56 Å². The number of hydrogen-bond donors (Lipinski definition) is 1. The molecule has 3 heteroatoms. The molecule has 1 heterocycles. The number of nitrogens with one attached hydrogen (secondary N) is 1. The summed E-state index contributed by atoms with van der Waals surface area (Å²) < 4.78 is 11.0. The van der Waals surface area contributed by atoms with Gasteiger partial charge in [0.25, 0.3) is 0 Å². The van der Waals surface area contributed by atoms with Crippen LogP contribution in [-0.4, -0.2) is 26.3 Å². The van der Waals surface area contributed by atoms with Crippen molar-refractivity contribution in [2.45, 2.75) is 13.0 Å². The first-order valence-electron chi connectivity index (χ1n) is 4.82. The Morgan fingerprint density at radius 1 is 1.29 bits per heavy atom. The summed E-state index contributed by atoms with van der Waals surface area (Å²) in [5.41, 5.74) is 1.07. The highest BCUT2D eigenvalue weighted by atomic mass is 16.5. The molecule has 0 unspecified atom stereocenters. The highest BCUT2D eigenvalue weighted by molar-refractivity contribution is 5.43. The van der Waals surface area contributed by atoms with Crippen molar-refractivity contribution in [2.75, 3.05) is 20.2 Å². The van der Waals surface area contributed by atoms with Gasteiger partial charge in [0.1, 0.15) is 17.6 Å². The summed E-state index contributed by atoms with van der Waals surface area (Å²) in [7, 11) is 1.68. The number of hydrogen-bond acceptors (Lipinski definition) is 3. The lowest BCUT2D eigenvalue weighted by Crippen LogP contribution is -2.50. The maximum absolute atomic E-state index is 5.78. The fraction of sp³-hybridized carbons (Fsp3) is 0.455. The van der Waals surface area contributed by atoms with E-state index < -0.39 is 0 Å². The molecule has 1 fully saturated rings. The van der Waals surface area contributed by atoms with Gasteiger partial charge >= 0.3 is 0 Å². The Morgan fingerprint density at radius 3 is 2.57 bits per heavy atom. The molecular weight excluding hydrogens is 178 g/mol. The van der Waals surface area contributed by atoms with Crippen LogP contribution in [0.3, 0.4) is 0 Å². The van der Waals surface area contributed by atoms with E-state index >= 15 is 0 Å². The molecule has 0 radical (unpaired) electrons. The average molecular weight is 193 g/mol. The van der Waals surface area contributed by atoms with Gasteiger partial charge in [0.15, 0.2) is 0 Å². The Hall–Kier alpha value is -1.22. The van der Waals surface area contributed by atoms with Gasteiger partial charge in [-0.25, -0.2) is 0 Å². The van der Waals surface area contributed by atoms with Crippen molar-refractivity contribution in [1.82, 2.24) is 5.32 Å². The summed E-state index contributed by atoms with van der Waals surface area (Å²) in [4.78, 5) is 0. The van der Waals surface area contributed by atoms with Gasteiger partial charge in [-0.1, -0.05) is 6.07 Å². The van der Waals surface area contributed by atoms with Crippen LogP contribution in [0.25, 0.3) is 0 Å². The van der Waals surface area contributed by atoms with Crippen LogP contribution in [0, 0.1) is 6.92 Å². The summed E-state index contributed by atoms with van der Waals surface area (Å²) in [6.07, 6.45) is 0.320. The van der Waals surface area contributed by atoms with Crippen LogP contribution in [-0.2, 0) is 0 Å². The molecule has 3 nitrogen and oxygen atoms in total. The fourth-order valence-electron chi connectivity index (χ4n) is 1.47. The molecule has 0 spiro atoms. The molecule has 14 heavy (non-hydrogen) atoms. The van der Waals surface area contributed by atoms with E-state index in [9.17, 15) is 0 Å². The second-order valence-corrected chi connectivity index (χ2v) is 3.48. The predicted octanol–water partition coefficient (Wildman–Crippen LogP) is 1.35. The molecule has 2 rings (SSSR count). The molecular formula is C11H15NO2. The molecule has 76 valence electrons. The summed E-state index contributed by atoms with van der Waals surface area (Å²) in [6.45, 7) is 3.90. The van der Waals surface area contributed by atoms with Crippen LogP contribution in [0.2, 0.25) is 0 Å². The van der Waals surface area contributed by atoms with Gasteiger partial charge in [-0.05, 0) is 19.1 Å². The van der Waals surface area contributed by atoms with Crippen LogP contribution >= 0.6 is 0 Å². The summed E-state index contributed by atoms with van der Waals surface area (Å²) >= 11 is 0. The molecule has 1 aliphatic heterocycles. The molecule has 1 aromatic rings. The first kappa shape index (κ1) is 9.34. The van der Waals surface area contributed by atoms with Gasteiger partial charge < -0.3 is 14.8 Å².